The molecule has 0 radical (unpaired) electrons. The van der Waals surface area contributed by atoms with Crippen LogP contribution in [0.2, 0.25) is 0 Å². The fourth-order valence-corrected chi connectivity index (χ4v) is 3.89. The number of benzene rings is 1. The normalized spacial score (nSPS) is 19.4. The molecule has 2 unspecified atom stereocenters. The molecule has 0 aliphatic carbocycles. The standard InChI is InChI=1S/C14H18N4S/c1-2-18-8-11(16-9-18)14(17-15)13-7-10-5-3-4-6-12(10)19-13/h3-6,8-9,13-14,17H,2,7,15H2,1H3. The molecule has 3 N–H and O–H groups in total. The fraction of sp³-hybridized carbons (Fsp3) is 0.357. The first kappa shape index (κ1) is 12.7. The first-order valence-corrected chi connectivity index (χ1v) is 7.42. The smallest absolute Gasteiger partial charge is 0.0950 e. The Morgan fingerprint density at radius 2 is 2.37 bits per heavy atom. The lowest BCUT2D eigenvalue weighted by molar-refractivity contribution is 0.522. The van der Waals surface area contributed by atoms with Gasteiger partial charge in [0.2, 0.25) is 0 Å². The van der Waals surface area contributed by atoms with Gasteiger partial charge in [0.15, 0.2) is 0 Å². The third-order valence-corrected chi connectivity index (χ3v) is 4.95. The molecule has 2 atom stereocenters. The number of nitrogens with two attached hydrogens (primary N) is 1. The second kappa shape index (κ2) is 5.36. The minimum atomic E-state index is 0.0881. The van der Waals surface area contributed by atoms with Gasteiger partial charge in [-0.25, -0.2) is 4.98 Å². The fourth-order valence-electron chi connectivity index (χ4n) is 2.49. The number of hydrogen-bond acceptors (Lipinski definition) is 4. The van der Waals surface area contributed by atoms with Crippen LogP contribution in [0.4, 0.5) is 0 Å². The highest BCUT2D eigenvalue weighted by Crippen LogP contribution is 2.41. The van der Waals surface area contributed by atoms with Crippen molar-refractivity contribution in [1.29, 1.82) is 0 Å². The molecule has 1 aromatic heterocycles. The Kier molecular flexibility index (Phi) is 3.59. The van der Waals surface area contributed by atoms with Crippen LogP contribution in [0.1, 0.15) is 24.2 Å². The van der Waals surface area contributed by atoms with Gasteiger partial charge >= 0.3 is 0 Å². The second-order valence-electron chi connectivity index (χ2n) is 4.74. The molecule has 2 heterocycles. The van der Waals surface area contributed by atoms with Crippen LogP contribution in [-0.4, -0.2) is 14.8 Å². The maximum absolute atomic E-state index is 5.76. The highest BCUT2D eigenvalue weighted by molar-refractivity contribution is 8.00. The maximum Gasteiger partial charge on any atom is 0.0950 e. The number of hydrazine groups is 1. The van der Waals surface area contributed by atoms with E-state index in [0.29, 0.717) is 5.25 Å². The molecule has 1 aliphatic heterocycles. The van der Waals surface area contributed by atoms with Crippen molar-refractivity contribution in [2.75, 3.05) is 0 Å². The van der Waals surface area contributed by atoms with E-state index in [-0.39, 0.29) is 6.04 Å². The number of aryl methyl sites for hydroxylation is 1. The third-order valence-electron chi connectivity index (χ3n) is 3.56. The summed E-state index contributed by atoms with van der Waals surface area (Å²) in [5, 5.41) is 0.405. The predicted octanol–water partition coefficient (Wildman–Crippen LogP) is 2.12. The largest absolute Gasteiger partial charge is 0.337 e. The third kappa shape index (κ3) is 2.41. The minimum absolute atomic E-state index is 0.0881. The van der Waals surface area contributed by atoms with Gasteiger partial charge in [0.25, 0.3) is 0 Å². The van der Waals surface area contributed by atoms with E-state index in [9.17, 15) is 0 Å². The van der Waals surface area contributed by atoms with Gasteiger partial charge in [-0.15, -0.1) is 11.8 Å². The van der Waals surface area contributed by atoms with E-state index in [1.54, 1.807) is 0 Å². The number of nitrogens with one attached hydrogen (secondary N) is 1. The topological polar surface area (TPSA) is 55.9 Å². The first-order chi connectivity index (χ1) is 9.31. The van der Waals surface area contributed by atoms with Crippen molar-refractivity contribution in [3.63, 3.8) is 0 Å². The molecule has 1 aliphatic rings. The van der Waals surface area contributed by atoms with Crippen LogP contribution in [0.3, 0.4) is 0 Å². The summed E-state index contributed by atoms with van der Waals surface area (Å²) in [5.74, 6) is 5.76. The Bertz CT molecular complexity index is 541. The lowest BCUT2D eigenvalue weighted by atomic mass is 10.0. The average molecular weight is 274 g/mol. The molecule has 1 aromatic carbocycles. The number of rotatable bonds is 4. The molecule has 0 amide bonds. The average Bonchev–Trinajstić information content (AvgIpc) is 3.05. The molecule has 0 fully saturated rings. The summed E-state index contributed by atoms with van der Waals surface area (Å²) in [5.41, 5.74) is 5.37. The molecule has 0 saturated heterocycles. The Morgan fingerprint density at radius 1 is 1.53 bits per heavy atom. The number of aromatic nitrogens is 2. The Morgan fingerprint density at radius 3 is 3.05 bits per heavy atom. The Balaban J connectivity index is 1.81. The van der Waals surface area contributed by atoms with Crippen LogP contribution in [-0.2, 0) is 13.0 Å². The van der Waals surface area contributed by atoms with Crippen molar-refractivity contribution >= 4 is 11.8 Å². The van der Waals surface area contributed by atoms with Crippen LogP contribution in [0, 0.1) is 0 Å². The van der Waals surface area contributed by atoms with Gasteiger partial charge in [-0.2, -0.15) is 0 Å². The van der Waals surface area contributed by atoms with Crippen molar-refractivity contribution < 1.29 is 0 Å². The van der Waals surface area contributed by atoms with Gasteiger partial charge in [-0.05, 0) is 25.0 Å². The summed E-state index contributed by atoms with van der Waals surface area (Å²) in [7, 11) is 0. The van der Waals surface area contributed by atoms with E-state index < -0.39 is 0 Å². The molecular weight excluding hydrogens is 256 g/mol. The lowest BCUT2D eigenvalue weighted by Gasteiger charge is -2.19. The van der Waals surface area contributed by atoms with E-state index in [2.05, 4.69) is 52.4 Å². The molecule has 2 aromatic rings. The molecule has 0 spiro atoms. The summed E-state index contributed by atoms with van der Waals surface area (Å²) in [6, 6.07) is 8.65. The molecule has 3 rings (SSSR count). The molecule has 5 heteroatoms. The van der Waals surface area contributed by atoms with Crippen LogP contribution in [0.25, 0.3) is 0 Å². The zero-order valence-electron chi connectivity index (χ0n) is 10.9. The monoisotopic (exact) mass is 274 g/mol. The van der Waals surface area contributed by atoms with E-state index in [4.69, 9.17) is 5.84 Å². The summed E-state index contributed by atoms with van der Waals surface area (Å²) in [4.78, 5) is 5.84. The van der Waals surface area contributed by atoms with Crippen molar-refractivity contribution in [2.24, 2.45) is 5.84 Å². The van der Waals surface area contributed by atoms with Crippen molar-refractivity contribution in [1.82, 2.24) is 15.0 Å². The molecule has 0 saturated carbocycles. The van der Waals surface area contributed by atoms with Gasteiger partial charge < -0.3 is 4.57 Å². The van der Waals surface area contributed by atoms with Gasteiger partial charge in [-0.1, -0.05) is 18.2 Å². The van der Waals surface area contributed by atoms with Crippen LogP contribution >= 0.6 is 11.8 Å². The first-order valence-electron chi connectivity index (χ1n) is 6.54. The summed E-state index contributed by atoms with van der Waals surface area (Å²) in [6.07, 6.45) is 4.98. The van der Waals surface area contributed by atoms with E-state index in [1.165, 1.54) is 10.5 Å². The number of fused-ring (bicyclic) bond motifs is 1. The van der Waals surface area contributed by atoms with E-state index >= 15 is 0 Å². The number of nitrogens with zero attached hydrogens (tertiary/aromatic N) is 2. The van der Waals surface area contributed by atoms with Crippen LogP contribution < -0.4 is 11.3 Å². The molecule has 0 bridgehead atoms. The van der Waals surface area contributed by atoms with Gasteiger partial charge in [-0.3, -0.25) is 11.3 Å². The van der Waals surface area contributed by atoms with Crippen molar-refractivity contribution in [3.8, 4) is 0 Å². The zero-order valence-corrected chi connectivity index (χ0v) is 11.7. The number of imidazole rings is 1. The van der Waals surface area contributed by atoms with Crippen molar-refractivity contribution in [2.45, 2.75) is 36.1 Å². The quantitative estimate of drug-likeness (QED) is 0.662. The van der Waals surface area contributed by atoms with Crippen LogP contribution in [0.5, 0.6) is 0 Å². The summed E-state index contributed by atoms with van der Waals surface area (Å²) >= 11 is 1.89. The van der Waals surface area contributed by atoms with E-state index in [1.807, 2.05) is 18.1 Å². The van der Waals surface area contributed by atoms with Gasteiger partial charge in [0.05, 0.1) is 18.1 Å². The molecule has 4 nitrogen and oxygen atoms in total. The molecule has 19 heavy (non-hydrogen) atoms. The summed E-state index contributed by atoms with van der Waals surface area (Å²) < 4.78 is 2.08. The van der Waals surface area contributed by atoms with E-state index in [0.717, 1.165) is 18.7 Å². The van der Waals surface area contributed by atoms with Gasteiger partial charge in [0.1, 0.15) is 0 Å². The Hall–Kier alpha value is -1.30. The summed E-state index contributed by atoms with van der Waals surface area (Å²) in [6.45, 7) is 3.04. The SMILES string of the molecule is CCn1cnc(C(NN)C2Cc3ccccc3S2)c1. The highest BCUT2D eigenvalue weighted by Gasteiger charge is 2.31. The minimum Gasteiger partial charge on any atom is -0.337 e. The number of hydrogen-bond donors (Lipinski definition) is 2. The number of thioether (sulfide) groups is 1. The predicted molar refractivity (Wildman–Crippen MR) is 77.8 cm³/mol. The van der Waals surface area contributed by atoms with Gasteiger partial charge in [0, 0.05) is 22.9 Å². The van der Waals surface area contributed by atoms with Crippen LogP contribution in [0.15, 0.2) is 41.7 Å². The van der Waals surface area contributed by atoms with Crippen molar-refractivity contribution in [3.05, 3.63) is 48.0 Å². The highest BCUT2D eigenvalue weighted by atomic mass is 32.2. The molecular formula is C14H18N4S. The Labute approximate surface area is 117 Å². The lowest BCUT2D eigenvalue weighted by Crippen LogP contribution is -2.35. The maximum atomic E-state index is 5.76. The molecule has 100 valence electrons. The second-order valence-corrected chi connectivity index (χ2v) is 6.02. The zero-order chi connectivity index (χ0) is 13.2.